The predicted octanol–water partition coefficient (Wildman–Crippen LogP) is 5.72. The summed E-state index contributed by atoms with van der Waals surface area (Å²) in [5.74, 6) is 1.92. The van der Waals surface area contributed by atoms with E-state index in [4.69, 9.17) is 18.9 Å². The highest BCUT2D eigenvalue weighted by Crippen LogP contribution is 2.89. The van der Waals surface area contributed by atoms with Gasteiger partial charge in [0.25, 0.3) is 0 Å². The molecule has 2 amide bonds. The molecule has 0 aromatic carbocycles. The number of fused-ring (bicyclic) bond motifs is 4. The van der Waals surface area contributed by atoms with Crippen LogP contribution < -0.4 is 0 Å². The van der Waals surface area contributed by atoms with Gasteiger partial charge in [0, 0.05) is 31.5 Å². The van der Waals surface area contributed by atoms with E-state index in [2.05, 4.69) is 34.6 Å². The molecule has 2 heterocycles. The first kappa shape index (κ1) is 34.0. The van der Waals surface area contributed by atoms with Gasteiger partial charge in [-0.1, -0.05) is 48.5 Å². The number of methoxy groups -OCH3 is 1. The van der Waals surface area contributed by atoms with Gasteiger partial charge in [-0.3, -0.25) is 4.79 Å². The third kappa shape index (κ3) is 4.60. The standard InChI is InChI=1S/C38H62N2O7/c1-22(2)32(42)40-16-17-45-28(20-40)47-27-12-13-37-21-38(37)15-14-35(6)29-23(3)18-24(19-39(8)33(43)44-9)46-30(29)31(41)36(35,7)26(38)11-10-25(37)34(27,4)5/h22-31,41H,10-21H2,1-9H3/t23-,24?,25+,26?,27?,28+,29+,30?,31+,35?,36-,37?,38?/m1/s1. The summed E-state index contributed by atoms with van der Waals surface area (Å²) in [6, 6.07) is 0. The Kier molecular flexibility index (Phi) is 8.18. The number of rotatable bonds is 5. The lowest BCUT2D eigenvalue weighted by molar-refractivity contribution is -0.248. The van der Waals surface area contributed by atoms with Gasteiger partial charge >= 0.3 is 6.09 Å². The van der Waals surface area contributed by atoms with E-state index in [1.165, 1.54) is 32.8 Å². The smallest absolute Gasteiger partial charge is 0.409 e. The second-order valence-corrected chi connectivity index (χ2v) is 18.4. The topological polar surface area (TPSA) is 97.8 Å². The van der Waals surface area contributed by atoms with E-state index in [0.717, 1.165) is 25.7 Å². The van der Waals surface area contributed by atoms with Crippen molar-refractivity contribution in [2.45, 2.75) is 131 Å². The van der Waals surface area contributed by atoms with Gasteiger partial charge in [0.1, 0.15) is 0 Å². The van der Waals surface area contributed by atoms with Crippen molar-refractivity contribution in [2.75, 3.05) is 40.4 Å². The quantitative estimate of drug-likeness (QED) is 0.404. The molecular formula is C38H62N2O7. The van der Waals surface area contributed by atoms with Crippen LogP contribution in [0.4, 0.5) is 4.79 Å². The lowest BCUT2D eigenvalue weighted by Gasteiger charge is -2.64. The molecule has 2 aliphatic heterocycles. The predicted molar refractivity (Wildman–Crippen MR) is 177 cm³/mol. The molecule has 0 aromatic heterocycles. The number of amides is 2. The molecular weight excluding hydrogens is 596 g/mol. The first-order valence-electron chi connectivity index (χ1n) is 18.8. The molecule has 2 saturated heterocycles. The van der Waals surface area contributed by atoms with Crippen LogP contribution in [0.1, 0.15) is 99.8 Å². The molecule has 2 spiro atoms. The van der Waals surface area contributed by atoms with Crippen molar-refractivity contribution in [1.82, 2.24) is 9.80 Å². The number of hydrogen-bond acceptors (Lipinski definition) is 7. The Morgan fingerprint density at radius 1 is 1.04 bits per heavy atom. The molecule has 0 bridgehead atoms. The number of ether oxygens (including phenoxy) is 4. The van der Waals surface area contributed by atoms with E-state index in [1.54, 1.807) is 11.9 Å². The summed E-state index contributed by atoms with van der Waals surface area (Å²) in [4.78, 5) is 28.4. The Hall–Kier alpha value is -1.42. The zero-order valence-corrected chi connectivity index (χ0v) is 30.5. The zero-order chi connectivity index (χ0) is 33.9. The summed E-state index contributed by atoms with van der Waals surface area (Å²) in [7, 11) is 3.18. The van der Waals surface area contributed by atoms with Crippen molar-refractivity contribution in [3.05, 3.63) is 0 Å². The van der Waals surface area contributed by atoms with E-state index in [0.29, 0.717) is 55.3 Å². The van der Waals surface area contributed by atoms with Crippen molar-refractivity contribution >= 4 is 12.0 Å². The van der Waals surface area contributed by atoms with Crippen molar-refractivity contribution in [3.63, 3.8) is 0 Å². The molecule has 7 rings (SSSR count). The lowest BCUT2D eigenvalue weighted by Crippen LogP contribution is -2.60. The summed E-state index contributed by atoms with van der Waals surface area (Å²) >= 11 is 0. The van der Waals surface area contributed by atoms with Gasteiger partial charge in [0.2, 0.25) is 5.91 Å². The average Bonchev–Trinajstić information content (AvgIpc) is 3.66. The van der Waals surface area contributed by atoms with E-state index < -0.39 is 6.10 Å². The van der Waals surface area contributed by atoms with E-state index in [1.807, 2.05) is 18.7 Å². The normalized spacial score (nSPS) is 49.6. The summed E-state index contributed by atoms with van der Waals surface area (Å²) < 4.78 is 24.7. The van der Waals surface area contributed by atoms with Gasteiger partial charge in [-0.25, -0.2) is 4.79 Å². The molecule has 9 nitrogen and oxygen atoms in total. The highest BCUT2D eigenvalue weighted by atomic mass is 16.7. The minimum Gasteiger partial charge on any atom is -0.453 e. The minimum absolute atomic E-state index is 0.000853. The summed E-state index contributed by atoms with van der Waals surface area (Å²) in [6.07, 6.45) is 7.63. The molecule has 5 saturated carbocycles. The highest BCUT2D eigenvalue weighted by Gasteiger charge is 2.84. The van der Waals surface area contributed by atoms with Crippen LogP contribution >= 0.6 is 0 Å². The van der Waals surface area contributed by atoms with Crippen LogP contribution in [0.2, 0.25) is 0 Å². The Morgan fingerprint density at radius 2 is 1.74 bits per heavy atom. The number of likely N-dealkylation sites (N-methyl/N-ethyl adjacent to an activating group) is 1. The van der Waals surface area contributed by atoms with Crippen LogP contribution in [0.5, 0.6) is 0 Å². The van der Waals surface area contributed by atoms with Crippen LogP contribution in [0.25, 0.3) is 0 Å². The maximum Gasteiger partial charge on any atom is 0.409 e. The molecule has 1 N–H and O–H groups in total. The van der Waals surface area contributed by atoms with Crippen LogP contribution in [0.3, 0.4) is 0 Å². The molecule has 266 valence electrons. The SMILES string of the molecule is COC(=O)N(C)CC1C[C@@H](C)[C@H]2C(O1)[C@H](O)[C@@]1(C)C3CC[C@H]4C(C)(C)C(O[C@H]5CN(C(=O)C(C)C)CCO5)CCC45CC35CCC21C. The van der Waals surface area contributed by atoms with Crippen molar-refractivity contribution < 1.29 is 33.6 Å². The third-order valence-electron chi connectivity index (χ3n) is 15.9. The first-order chi connectivity index (χ1) is 22.1. The Bertz CT molecular complexity index is 1260. The third-order valence-corrected chi connectivity index (χ3v) is 15.9. The van der Waals surface area contributed by atoms with Crippen molar-refractivity contribution in [1.29, 1.82) is 0 Å². The van der Waals surface area contributed by atoms with Gasteiger partial charge in [-0.15, -0.1) is 0 Å². The van der Waals surface area contributed by atoms with Crippen molar-refractivity contribution in [2.24, 2.45) is 56.7 Å². The van der Waals surface area contributed by atoms with Gasteiger partial charge < -0.3 is 33.9 Å². The van der Waals surface area contributed by atoms with Gasteiger partial charge in [0.15, 0.2) is 6.29 Å². The monoisotopic (exact) mass is 658 g/mol. The minimum atomic E-state index is -0.518. The number of morpholine rings is 1. The van der Waals surface area contributed by atoms with E-state index in [-0.39, 0.29) is 64.2 Å². The second kappa shape index (κ2) is 11.3. The van der Waals surface area contributed by atoms with Crippen LogP contribution in [-0.2, 0) is 23.7 Å². The number of carbonyl (C=O) groups excluding carboxylic acids is 2. The Labute approximate surface area is 282 Å². The molecule has 7 fully saturated rings. The Morgan fingerprint density at radius 3 is 2.45 bits per heavy atom. The average molecular weight is 659 g/mol. The van der Waals surface area contributed by atoms with Gasteiger partial charge in [0.05, 0.1) is 44.7 Å². The second-order valence-electron chi connectivity index (χ2n) is 18.4. The molecule has 7 aliphatic rings. The molecule has 5 aliphatic carbocycles. The molecule has 0 aromatic rings. The van der Waals surface area contributed by atoms with Gasteiger partial charge in [-0.05, 0) is 96.7 Å². The number of aliphatic hydroxyl groups excluding tert-OH is 1. The van der Waals surface area contributed by atoms with Crippen LogP contribution in [0, 0.1) is 56.7 Å². The molecule has 7 unspecified atom stereocenters. The van der Waals surface area contributed by atoms with Gasteiger partial charge in [-0.2, -0.15) is 0 Å². The number of aliphatic hydroxyl groups is 1. The lowest BCUT2D eigenvalue weighted by atomic mass is 9.41. The molecule has 47 heavy (non-hydrogen) atoms. The molecule has 0 radical (unpaired) electrons. The fourth-order valence-electron chi connectivity index (χ4n) is 13.7. The molecule has 9 heteroatoms. The van der Waals surface area contributed by atoms with Crippen molar-refractivity contribution in [3.8, 4) is 0 Å². The van der Waals surface area contributed by atoms with Crippen LogP contribution in [-0.4, -0.2) is 98.0 Å². The summed E-state index contributed by atoms with van der Waals surface area (Å²) in [5.41, 5.74) is 0.377. The van der Waals surface area contributed by atoms with E-state index in [9.17, 15) is 14.7 Å². The largest absolute Gasteiger partial charge is 0.453 e. The summed E-state index contributed by atoms with van der Waals surface area (Å²) in [6.45, 7) is 18.2. The maximum atomic E-state index is 12.7. The fraction of sp³-hybridized carbons (Fsp3) is 0.947. The van der Waals surface area contributed by atoms with Crippen LogP contribution in [0.15, 0.2) is 0 Å². The Balaban J connectivity index is 1.09. The fourth-order valence-corrected chi connectivity index (χ4v) is 13.7. The number of hydrogen-bond donors (Lipinski definition) is 1. The zero-order valence-electron chi connectivity index (χ0n) is 30.5. The molecule has 13 atom stereocenters. The number of nitrogens with zero attached hydrogens (tertiary/aromatic N) is 2. The summed E-state index contributed by atoms with van der Waals surface area (Å²) in [5, 5.41) is 12.5. The highest BCUT2D eigenvalue weighted by molar-refractivity contribution is 5.78. The maximum absolute atomic E-state index is 12.7. The van der Waals surface area contributed by atoms with E-state index >= 15 is 0 Å². The number of carbonyl (C=O) groups is 2. The first-order valence-corrected chi connectivity index (χ1v) is 18.8.